The van der Waals surface area contributed by atoms with Gasteiger partial charge in [0.05, 0.1) is 18.8 Å². The maximum Gasteiger partial charge on any atom is 0.252 e. The summed E-state index contributed by atoms with van der Waals surface area (Å²) < 4.78 is 5.38. The van der Waals surface area contributed by atoms with Gasteiger partial charge >= 0.3 is 0 Å². The van der Waals surface area contributed by atoms with Crippen molar-refractivity contribution in [3.05, 3.63) is 21.4 Å². The van der Waals surface area contributed by atoms with Crippen LogP contribution in [0.25, 0.3) is 0 Å². The van der Waals surface area contributed by atoms with Crippen LogP contribution in [0.1, 0.15) is 41.1 Å². The number of carbonyl (C=O) groups is 1. The molecule has 1 amide bonds. The Bertz CT molecular complexity index is 523. The quantitative estimate of drug-likeness (QED) is 0.925. The minimum atomic E-state index is 0.104. The van der Waals surface area contributed by atoms with E-state index in [2.05, 4.69) is 29.4 Å². The number of carbonyl (C=O) groups excluding carboxylic acids is 1. The normalized spacial score (nSPS) is 23.8. The summed E-state index contributed by atoms with van der Waals surface area (Å²) in [5, 5.41) is 5.18. The van der Waals surface area contributed by atoms with Gasteiger partial charge in [-0.15, -0.1) is 11.3 Å². The van der Waals surface area contributed by atoms with Crippen molar-refractivity contribution < 1.29 is 9.53 Å². The lowest BCUT2D eigenvalue weighted by Crippen LogP contribution is -2.47. The van der Waals surface area contributed by atoms with Crippen molar-refractivity contribution in [1.82, 2.24) is 10.2 Å². The van der Waals surface area contributed by atoms with E-state index in [9.17, 15) is 4.79 Å². The van der Waals surface area contributed by atoms with Crippen LogP contribution in [0.4, 0.5) is 0 Å². The first-order valence-electron chi connectivity index (χ1n) is 8.34. The first kappa shape index (κ1) is 16.0. The van der Waals surface area contributed by atoms with Gasteiger partial charge in [-0.2, -0.15) is 0 Å². The number of morpholine rings is 1. The fraction of sp³-hybridized carbons (Fsp3) is 0.706. The molecule has 2 atom stereocenters. The van der Waals surface area contributed by atoms with Crippen molar-refractivity contribution in [2.45, 2.75) is 39.2 Å². The molecule has 0 aromatic carbocycles. The Kier molecular flexibility index (Phi) is 5.16. The fourth-order valence-electron chi connectivity index (χ4n) is 3.35. The molecule has 2 aliphatic rings. The molecule has 5 heteroatoms. The van der Waals surface area contributed by atoms with Crippen LogP contribution in [0.5, 0.6) is 0 Å². The summed E-state index contributed by atoms with van der Waals surface area (Å²) in [6, 6.07) is 0.363. The molecule has 1 aromatic rings. The molecule has 3 rings (SSSR count). The van der Waals surface area contributed by atoms with E-state index >= 15 is 0 Å². The van der Waals surface area contributed by atoms with E-state index in [-0.39, 0.29) is 5.91 Å². The van der Waals surface area contributed by atoms with Gasteiger partial charge in [-0.1, -0.05) is 6.92 Å². The summed E-state index contributed by atoms with van der Waals surface area (Å²) in [4.78, 5) is 16.3. The summed E-state index contributed by atoms with van der Waals surface area (Å²) in [6.45, 7) is 8.71. The van der Waals surface area contributed by atoms with E-state index in [1.165, 1.54) is 16.9 Å². The minimum Gasteiger partial charge on any atom is -0.379 e. The lowest BCUT2D eigenvalue weighted by molar-refractivity contribution is 0.0204. The Morgan fingerprint density at radius 3 is 3.05 bits per heavy atom. The molecule has 122 valence electrons. The van der Waals surface area contributed by atoms with Crippen LogP contribution in [0.2, 0.25) is 0 Å². The zero-order chi connectivity index (χ0) is 15.5. The molecule has 0 saturated carbocycles. The molecule has 0 radical (unpaired) electrons. The van der Waals surface area contributed by atoms with Crippen LogP contribution >= 0.6 is 11.3 Å². The predicted molar refractivity (Wildman–Crippen MR) is 89.7 cm³/mol. The molecule has 1 saturated heterocycles. The Labute approximate surface area is 136 Å². The zero-order valence-electron chi connectivity index (χ0n) is 13.6. The zero-order valence-corrected chi connectivity index (χ0v) is 14.4. The number of thiophene rings is 1. The average Bonchev–Trinajstić information content (AvgIpc) is 2.96. The lowest BCUT2D eigenvalue weighted by atomic mass is 9.88. The summed E-state index contributed by atoms with van der Waals surface area (Å²) >= 11 is 1.76. The van der Waals surface area contributed by atoms with Gasteiger partial charge in [0.2, 0.25) is 0 Å². The Balaban J connectivity index is 1.56. The largest absolute Gasteiger partial charge is 0.379 e. The molecule has 4 nitrogen and oxygen atoms in total. The monoisotopic (exact) mass is 322 g/mol. The minimum absolute atomic E-state index is 0.104. The van der Waals surface area contributed by atoms with Crippen LogP contribution in [0, 0.1) is 5.92 Å². The van der Waals surface area contributed by atoms with Crippen molar-refractivity contribution in [3.63, 3.8) is 0 Å². The third-order valence-corrected chi connectivity index (χ3v) is 5.92. The summed E-state index contributed by atoms with van der Waals surface area (Å²) in [7, 11) is 0. The van der Waals surface area contributed by atoms with Gasteiger partial charge < -0.3 is 10.1 Å². The highest BCUT2D eigenvalue weighted by Crippen LogP contribution is 2.32. The number of fused-ring (bicyclic) bond motifs is 1. The van der Waals surface area contributed by atoms with Gasteiger partial charge in [-0.3, -0.25) is 9.69 Å². The van der Waals surface area contributed by atoms with Crippen LogP contribution in [0.15, 0.2) is 5.38 Å². The van der Waals surface area contributed by atoms with Crippen LogP contribution in [0.3, 0.4) is 0 Å². The number of amides is 1. The summed E-state index contributed by atoms with van der Waals surface area (Å²) in [5.74, 6) is 0.857. The van der Waals surface area contributed by atoms with Crippen molar-refractivity contribution in [3.8, 4) is 0 Å². The summed E-state index contributed by atoms with van der Waals surface area (Å²) in [6.07, 6.45) is 3.40. The highest BCUT2D eigenvalue weighted by atomic mass is 32.1. The molecular formula is C17H26N2O2S. The van der Waals surface area contributed by atoms with Gasteiger partial charge in [-0.05, 0) is 37.7 Å². The van der Waals surface area contributed by atoms with Gasteiger partial charge in [0.25, 0.3) is 5.91 Å². The maximum atomic E-state index is 12.5. The SMILES string of the molecule is C[C@H]1CCc2c(C(=O)NC[C@@H](C)N3CCOCC3)csc2C1. The molecule has 1 aromatic heterocycles. The Morgan fingerprint density at radius 1 is 1.50 bits per heavy atom. The second-order valence-corrected chi connectivity index (χ2v) is 7.57. The van der Waals surface area contributed by atoms with E-state index in [4.69, 9.17) is 4.74 Å². The number of rotatable bonds is 4. The highest BCUT2D eigenvalue weighted by molar-refractivity contribution is 7.10. The van der Waals surface area contributed by atoms with Crippen LogP contribution in [-0.2, 0) is 17.6 Å². The maximum absolute atomic E-state index is 12.5. The Hall–Kier alpha value is -0.910. The smallest absolute Gasteiger partial charge is 0.252 e. The number of hydrogen-bond donors (Lipinski definition) is 1. The van der Waals surface area contributed by atoms with Gasteiger partial charge in [0, 0.05) is 35.9 Å². The first-order valence-corrected chi connectivity index (χ1v) is 9.22. The van der Waals surface area contributed by atoms with Crippen LogP contribution in [-0.4, -0.2) is 49.7 Å². The van der Waals surface area contributed by atoms with E-state index < -0.39 is 0 Å². The highest BCUT2D eigenvalue weighted by Gasteiger charge is 2.24. The van der Waals surface area contributed by atoms with E-state index in [1.54, 1.807) is 11.3 Å². The van der Waals surface area contributed by atoms with Crippen molar-refractivity contribution >= 4 is 17.2 Å². The molecule has 1 fully saturated rings. The van der Waals surface area contributed by atoms with Crippen molar-refractivity contribution in [2.24, 2.45) is 5.92 Å². The third kappa shape index (κ3) is 3.53. The molecule has 22 heavy (non-hydrogen) atoms. The molecule has 1 aliphatic carbocycles. The van der Waals surface area contributed by atoms with Gasteiger partial charge in [-0.25, -0.2) is 0 Å². The third-order valence-electron chi connectivity index (χ3n) is 4.87. The fourth-order valence-corrected chi connectivity index (χ4v) is 4.60. The van der Waals surface area contributed by atoms with Crippen molar-refractivity contribution in [2.75, 3.05) is 32.8 Å². The van der Waals surface area contributed by atoms with Crippen LogP contribution < -0.4 is 5.32 Å². The average molecular weight is 322 g/mol. The lowest BCUT2D eigenvalue weighted by Gasteiger charge is -2.32. The van der Waals surface area contributed by atoms with E-state index in [0.717, 1.165) is 50.6 Å². The molecule has 1 N–H and O–H groups in total. The molecular weight excluding hydrogens is 296 g/mol. The second-order valence-electron chi connectivity index (χ2n) is 6.61. The predicted octanol–water partition coefficient (Wildman–Crippen LogP) is 2.32. The molecule has 2 heterocycles. The number of hydrogen-bond acceptors (Lipinski definition) is 4. The number of ether oxygens (including phenoxy) is 1. The second kappa shape index (κ2) is 7.11. The molecule has 0 unspecified atom stereocenters. The number of nitrogens with zero attached hydrogens (tertiary/aromatic N) is 1. The summed E-state index contributed by atoms with van der Waals surface area (Å²) in [5.41, 5.74) is 2.22. The van der Waals surface area contributed by atoms with Gasteiger partial charge in [0.1, 0.15) is 0 Å². The first-order chi connectivity index (χ1) is 10.6. The standard InChI is InChI=1S/C17H26N2O2S/c1-12-3-4-14-15(11-22-16(14)9-12)17(20)18-10-13(2)19-5-7-21-8-6-19/h11-13H,3-10H2,1-2H3,(H,18,20)/t12-,13+/m0/s1. The van der Waals surface area contributed by atoms with E-state index in [0.29, 0.717) is 12.6 Å². The molecule has 0 bridgehead atoms. The molecule has 1 aliphatic heterocycles. The van der Waals surface area contributed by atoms with Crippen molar-refractivity contribution in [1.29, 1.82) is 0 Å². The van der Waals surface area contributed by atoms with Gasteiger partial charge in [0.15, 0.2) is 0 Å². The topological polar surface area (TPSA) is 41.6 Å². The molecule has 0 spiro atoms. The Morgan fingerprint density at radius 2 is 2.27 bits per heavy atom. The number of nitrogens with one attached hydrogen (secondary N) is 1. The van der Waals surface area contributed by atoms with E-state index in [1.807, 2.05) is 0 Å².